The van der Waals surface area contributed by atoms with Crippen LogP contribution in [0.3, 0.4) is 0 Å². The molecule has 3 aromatic rings. The Hall–Kier alpha value is -3.14. The molecule has 1 aliphatic carbocycles. The predicted molar refractivity (Wildman–Crippen MR) is 130 cm³/mol. The number of nitrogens with one attached hydrogen (secondary N) is 2. The van der Waals surface area contributed by atoms with Gasteiger partial charge in [-0.2, -0.15) is 22.7 Å². The van der Waals surface area contributed by atoms with Gasteiger partial charge >= 0.3 is 6.18 Å². The van der Waals surface area contributed by atoms with E-state index in [1.165, 1.54) is 12.8 Å². The quantitative estimate of drug-likeness (QED) is 0.388. The summed E-state index contributed by atoms with van der Waals surface area (Å²) in [6, 6.07) is 7.44. The molecule has 2 N–H and O–H groups in total. The van der Waals surface area contributed by atoms with E-state index in [9.17, 15) is 17.6 Å². The van der Waals surface area contributed by atoms with Crippen LogP contribution in [0, 0.1) is 5.95 Å². The minimum Gasteiger partial charge on any atom is -0.488 e. The number of anilines is 1. The van der Waals surface area contributed by atoms with E-state index >= 15 is 0 Å². The zero-order valence-corrected chi connectivity index (χ0v) is 20.1. The van der Waals surface area contributed by atoms with Crippen LogP contribution in [0.2, 0.25) is 0 Å². The van der Waals surface area contributed by atoms with E-state index in [0.29, 0.717) is 58.6 Å². The molecule has 0 spiro atoms. The highest BCUT2D eigenvalue weighted by molar-refractivity contribution is 5.92. The minimum atomic E-state index is -4.47. The molecule has 0 amide bonds. The van der Waals surface area contributed by atoms with Crippen molar-refractivity contribution in [1.82, 2.24) is 20.1 Å². The van der Waals surface area contributed by atoms with E-state index in [2.05, 4.69) is 32.3 Å². The van der Waals surface area contributed by atoms with Crippen molar-refractivity contribution in [2.45, 2.75) is 51.2 Å². The van der Waals surface area contributed by atoms with E-state index in [0.717, 1.165) is 25.3 Å². The molecule has 2 aliphatic rings. The van der Waals surface area contributed by atoms with E-state index in [1.807, 2.05) is 6.07 Å². The summed E-state index contributed by atoms with van der Waals surface area (Å²) >= 11 is 0. The van der Waals surface area contributed by atoms with Crippen molar-refractivity contribution in [3.05, 3.63) is 59.0 Å². The number of fused-ring (bicyclic) bond motifs is 3. The van der Waals surface area contributed by atoms with Crippen LogP contribution < -0.4 is 5.32 Å². The monoisotopic (exact) mass is 503 g/mol. The second kappa shape index (κ2) is 10.1. The fourth-order valence-electron chi connectivity index (χ4n) is 5.02. The number of pyridine rings is 1. The molecule has 36 heavy (non-hydrogen) atoms. The Labute approximate surface area is 206 Å². The fourth-order valence-corrected chi connectivity index (χ4v) is 5.02. The third-order valence-corrected chi connectivity index (χ3v) is 6.75. The van der Waals surface area contributed by atoms with Crippen LogP contribution in [0.4, 0.5) is 23.2 Å². The number of aryl methyl sites for hydroxylation is 1. The Kier molecular flexibility index (Phi) is 6.87. The van der Waals surface area contributed by atoms with Crippen LogP contribution in [0.25, 0.3) is 16.5 Å². The van der Waals surface area contributed by atoms with Crippen LogP contribution >= 0.6 is 0 Å². The van der Waals surface area contributed by atoms with Gasteiger partial charge in [-0.1, -0.05) is 19.4 Å². The molecule has 0 atom stereocenters. The van der Waals surface area contributed by atoms with Gasteiger partial charge in [0.2, 0.25) is 5.95 Å². The lowest BCUT2D eigenvalue weighted by atomic mass is 9.93. The van der Waals surface area contributed by atoms with Crippen molar-refractivity contribution in [3.63, 3.8) is 0 Å². The maximum atomic E-state index is 14.6. The molecule has 192 valence electrons. The molecule has 1 aliphatic heterocycles. The smallest absolute Gasteiger partial charge is 0.422 e. The number of alkyl halides is 3. The Balaban J connectivity index is 1.45. The number of nitrogens with zero attached hydrogens (tertiary/aromatic N) is 3. The zero-order chi connectivity index (χ0) is 25.3. The molecule has 2 aromatic heterocycles. The number of benzene rings is 1. The Bertz CT molecular complexity index is 1250. The van der Waals surface area contributed by atoms with Gasteiger partial charge in [-0.15, -0.1) is 0 Å². The third-order valence-electron chi connectivity index (χ3n) is 6.75. The maximum Gasteiger partial charge on any atom is 0.422 e. The summed E-state index contributed by atoms with van der Waals surface area (Å²) in [6.45, 7) is 3.84. The SMILES string of the molecule is CCCCN1CC(Nc2ccc(C3=C(OCC(F)(F)F)CCCc4c3ccc3n[nH]c(F)c43)nc2)C1. The first-order valence-electron chi connectivity index (χ1n) is 12.4. The molecule has 0 bridgehead atoms. The van der Waals surface area contributed by atoms with E-state index in [4.69, 9.17) is 4.74 Å². The molecule has 3 heterocycles. The number of H-pyrrole nitrogens is 1. The minimum absolute atomic E-state index is 0.216. The maximum absolute atomic E-state index is 14.6. The second-order valence-electron chi connectivity index (χ2n) is 9.47. The van der Waals surface area contributed by atoms with E-state index in [1.54, 1.807) is 24.4 Å². The summed E-state index contributed by atoms with van der Waals surface area (Å²) in [5, 5.41) is 10.2. The van der Waals surface area contributed by atoms with E-state index in [-0.39, 0.29) is 5.76 Å². The normalized spacial score (nSPS) is 17.1. The van der Waals surface area contributed by atoms with Gasteiger partial charge in [0.15, 0.2) is 6.61 Å². The average molecular weight is 504 g/mol. The van der Waals surface area contributed by atoms with Crippen molar-refractivity contribution in [2.75, 3.05) is 31.6 Å². The number of allylic oxidation sites excluding steroid dienone is 1. The summed E-state index contributed by atoms with van der Waals surface area (Å²) in [7, 11) is 0. The van der Waals surface area contributed by atoms with Crippen LogP contribution in [0.5, 0.6) is 0 Å². The summed E-state index contributed by atoms with van der Waals surface area (Å²) in [5.41, 5.74) is 3.60. The number of halogens is 4. The molecule has 0 saturated carbocycles. The molecule has 5 rings (SSSR count). The second-order valence-corrected chi connectivity index (χ2v) is 9.47. The van der Waals surface area contributed by atoms with Crippen molar-refractivity contribution in [1.29, 1.82) is 0 Å². The highest BCUT2D eigenvalue weighted by Crippen LogP contribution is 2.39. The summed E-state index contributed by atoms with van der Waals surface area (Å²) in [5.74, 6) is -0.338. The van der Waals surface area contributed by atoms with Crippen LogP contribution in [0.15, 0.2) is 36.2 Å². The summed E-state index contributed by atoms with van der Waals surface area (Å²) < 4.78 is 59.0. The standard InChI is InChI=1S/C26H29F4N5O/c1-2-3-11-35-13-17(14-35)32-16-7-9-20(31-12-16)23-19-8-10-21-24(25(27)34-33-21)18(19)5-4-6-22(23)36-15-26(28,29)30/h7-10,12,17,32H,2-6,11,13-15H2,1H3,(H,33,34). The molecule has 6 nitrogen and oxygen atoms in total. The molecule has 10 heteroatoms. The van der Waals surface area contributed by atoms with Crippen molar-refractivity contribution >= 4 is 22.2 Å². The van der Waals surface area contributed by atoms with Crippen LogP contribution in [-0.2, 0) is 11.2 Å². The molecule has 1 aromatic carbocycles. The summed E-state index contributed by atoms with van der Waals surface area (Å²) in [6.07, 6.45) is 0.881. The highest BCUT2D eigenvalue weighted by atomic mass is 19.4. The number of aromatic amines is 1. The predicted octanol–water partition coefficient (Wildman–Crippen LogP) is 5.67. The van der Waals surface area contributed by atoms with Gasteiger partial charge in [-0.25, -0.2) is 0 Å². The number of ether oxygens (including phenoxy) is 1. The Morgan fingerprint density at radius 1 is 1.17 bits per heavy atom. The number of aromatic nitrogens is 3. The number of rotatable bonds is 8. The van der Waals surface area contributed by atoms with Crippen molar-refractivity contribution in [2.24, 2.45) is 0 Å². The lowest BCUT2D eigenvalue weighted by molar-refractivity contribution is -0.165. The number of hydrogen-bond acceptors (Lipinski definition) is 5. The zero-order valence-electron chi connectivity index (χ0n) is 20.1. The van der Waals surface area contributed by atoms with Gasteiger partial charge in [0.1, 0.15) is 5.76 Å². The lowest BCUT2D eigenvalue weighted by Gasteiger charge is -2.40. The fraction of sp³-hybridized carbons (Fsp3) is 0.462. The third kappa shape index (κ3) is 5.18. The van der Waals surface area contributed by atoms with Gasteiger partial charge in [0, 0.05) is 25.1 Å². The number of hydrogen-bond donors (Lipinski definition) is 2. The van der Waals surface area contributed by atoms with Gasteiger partial charge in [-0.3, -0.25) is 15.0 Å². The highest BCUT2D eigenvalue weighted by Gasteiger charge is 2.31. The van der Waals surface area contributed by atoms with Gasteiger partial charge in [0.25, 0.3) is 0 Å². The largest absolute Gasteiger partial charge is 0.488 e. The molecule has 0 unspecified atom stereocenters. The first-order chi connectivity index (χ1) is 17.3. The molecular formula is C26H29F4N5O. The average Bonchev–Trinajstić information content (AvgIpc) is 3.10. The lowest BCUT2D eigenvalue weighted by Crippen LogP contribution is -2.54. The van der Waals surface area contributed by atoms with Crippen molar-refractivity contribution in [3.8, 4) is 0 Å². The topological polar surface area (TPSA) is 66.1 Å². The molecule has 0 radical (unpaired) electrons. The first kappa shape index (κ1) is 24.5. The number of likely N-dealkylation sites (tertiary alicyclic amines) is 1. The van der Waals surface area contributed by atoms with Crippen LogP contribution in [0.1, 0.15) is 49.4 Å². The molecule has 1 fully saturated rings. The van der Waals surface area contributed by atoms with Crippen LogP contribution in [-0.4, -0.2) is 58.5 Å². The van der Waals surface area contributed by atoms with Gasteiger partial charge in [-0.05, 0) is 55.1 Å². The molecular weight excluding hydrogens is 474 g/mol. The molecule has 1 saturated heterocycles. The Morgan fingerprint density at radius 3 is 2.72 bits per heavy atom. The summed E-state index contributed by atoms with van der Waals surface area (Å²) in [4.78, 5) is 6.99. The Morgan fingerprint density at radius 2 is 2.00 bits per heavy atom. The van der Waals surface area contributed by atoms with Crippen molar-refractivity contribution < 1.29 is 22.3 Å². The first-order valence-corrected chi connectivity index (χ1v) is 12.4. The number of unbranched alkanes of at least 4 members (excludes halogenated alkanes) is 1. The van der Waals surface area contributed by atoms with Gasteiger partial charge < -0.3 is 10.1 Å². The van der Waals surface area contributed by atoms with E-state index < -0.39 is 18.7 Å². The van der Waals surface area contributed by atoms with Gasteiger partial charge in [0.05, 0.1) is 34.5 Å².